The van der Waals surface area contributed by atoms with Crippen LogP contribution in [-0.2, 0) is 0 Å². The second-order valence-electron chi connectivity index (χ2n) is 3.99. The predicted molar refractivity (Wildman–Crippen MR) is 65.7 cm³/mol. The van der Waals surface area contributed by atoms with E-state index in [2.05, 4.69) is 0 Å². The van der Waals surface area contributed by atoms with Crippen LogP contribution in [0.2, 0.25) is 0 Å². The summed E-state index contributed by atoms with van der Waals surface area (Å²) >= 11 is 0. The smallest absolute Gasteiger partial charge is 0.126 e. The van der Waals surface area contributed by atoms with Crippen molar-refractivity contribution in [1.29, 1.82) is 0 Å². The van der Waals surface area contributed by atoms with Gasteiger partial charge in [0.2, 0.25) is 0 Å². The van der Waals surface area contributed by atoms with Crippen LogP contribution in [-0.4, -0.2) is 0 Å². The number of rotatable bonds is 1. The van der Waals surface area contributed by atoms with Gasteiger partial charge in [0.15, 0.2) is 0 Å². The molecule has 0 bridgehead atoms. The van der Waals surface area contributed by atoms with Crippen molar-refractivity contribution in [2.24, 2.45) is 0 Å². The van der Waals surface area contributed by atoms with Crippen LogP contribution in [0.25, 0.3) is 11.1 Å². The fourth-order valence-electron chi connectivity index (χ4n) is 1.83. The number of hydrogen-bond donors (Lipinski definition) is 1. The Morgan fingerprint density at radius 1 is 1.00 bits per heavy atom. The third-order valence-electron chi connectivity index (χ3n) is 2.82. The molecule has 0 heterocycles. The first kappa shape index (κ1) is 10.7. The van der Waals surface area contributed by atoms with Gasteiger partial charge in [0, 0.05) is 5.69 Å². The highest BCUT2D eigenvalue weighted by molar-refractivity contribution is 5.73. The number of benzene rings is 2. The van der Waals surface area contributed by atoms with Crippen molar-refractivity contribution in [2.75, 3.05) is 5.73 Å². The molecule has 82 valence electrons. The molecule has 2 heteroatoms. The molecule has 2 aromatic carbocycles. The molecular formula is C14H14FN. The molecule has 0 saturated carbocycles. The van der Waals surface area contributed by atoms with Crippen molar-refractivity contribution in [3.63, 3.8) is 0 Å². The molecule has 0 fully saturated rings. The van der Waals surface area contributed by atoms with Crippen LogP contribution < -0.4 is 5.73 Å². The Morgan fingerprint density at radius 3 is 2.50 bits per heavy atom. The predicted octanol–water partition coefficient (Wildman–Crippen LogP) is 3.69. The third-order valence-corrected chi connectivity index (χ3v) is 2.82. The Bertz CT molecular complexity index is 532. The molecule has 0 atom stereocenters. The molecule has 0 aromatic heterocycles. The average Bonchev–Trinajstić information content (AvgIpc) is 2.26. The lowest BCUT2D eigenvalue weighted by Crippen LogP contribution is -1.92. The van der Waals surface area contributed by atoms with Gasteiger partial charge in [-0.25, -0.2) is 4.39 Å². The van der Waals surface area contributed by atoms with Gasteiger partial charge in [-0.05, 0) is 54.3 Å². The lowest BCUT2D eigenvalue weighted by molar-refractivity contribution is 0.619. The van der Waals surface area contributed by atoms with E-state index in [1.165, 1.54) is 6.07 Å². The van der Waals surface area contributed by atoms with Crippen LogP contribution in [0.3, 0.4) is 0 Å². The standard InChI is InChI=1S/C14H14FN/c1-9-6-7-11(16)8-13(9)12-4-3-5-14(15)10(12)2/h3-8H,16H2,1-2H3. The number of aryl methyl sites for hydroxylation is 1. The molecule has 0 saturated heterocycles. The first-order valence-corrected chi connectivity index (χ1v) is 5.21. The summed E-state index contributed by atoms with van der Waals surface area (Å²) < 4.78 is 13.5. The van der Waals surface area contributed by atoms with E-state index < -0.39 is 0 Å². The zero-order valence-electron chi connectivity index (χ0n) is 9.42. The average molecular weight is 215 g/mol. The molecular weight excluding hydrogens is 201 g/mol. The molecule has 1 nitrogen and oxygen atoms in total. The molecule has 2 N–H and O–H groups in total. The van der Waals surface area contributed by atoms with E-state index in [1.807, 2.05) is 31.2 Å². The quantitative estimate of drug-likeness (QED) is 0.721. The minimum Gasteiger partial charge on any atom is -0.399 e. The number of anilines is 1. The van der Waals surface area contributed by atoms with E-state index in [1.54, 1.807) is 13.0 Å². The van der Waals surface area contributed by atoms with Crippen LogP contribution in [0.15, 0.2) is 36.4 Å². The van der Waals surface area contributed by atoms with Crippen LogP contribution in [0.1, 0.15) is 11.1 Å². The van der Waals surface area contributed by atoms with Gasteiger partial charge >= 0.3 is 0 Å². The molecule has 0 spiro atoms. The van der Waals surface area contributed by atoms with E-state index in [4.69, 9.17) is 5.73 Å². The SMILES string of the molecule is Cc1ccc(N)cc1-c1cccc(F)c1C. The monoisotopic (exact) mass is 215 g/mol. The summed E-state index contributed by atoms with van der Waals surface area (Å²) in [7, 11) is 0. The number of hydrogen-bond acceptors (Lipinski definition) is 1. The van der Waals surface area contributed by atoms with Crippen molar-refractivity contribution >= 4 is 5.69 Å². The van der Waals surface area contributed by atoms with Crippen molar-refractivity contribution in [1.82, 2.24) is 0 Å². The molecule has 0 radical (unpaired) electrons. The van der Waals surface area contributed by atoms with E-state index >= 15 is 0 Å². The number of nitrogens with two attached hydrogens (primary N) is 1. The summed E-state index contributed by atoms with van der Waals surface area (Å²) in [6.07, 6.45) is 0. The Morgan fingerprint density at radius 2 is 1.75 bits per heavy atom. The largest absolute Gasteiger partial charge is 0.399 e. The fraction of sp³-hybridized carbons (Fsp3) is 0.143. The van der Waals surface area contributed by atoms with Gasteiger partial charge < -0.3 is 5.73 Å². The maximum Gasteiger partial charge on any atom is 0.126 e. The summed E-state index contributed by atoms with van der Waals surface area (Å²) in [5, 5.41) is 0. The van der Waals surface area contributed by atoms with Crippen LogP contribution in [0.5, 0.6) is 0 Å². The summed E-state index contributed by atoms with van der Waals surface area (Å²) in [5.74, 6) is -0.181. The first-order chi connectivity index (χ1) is 7.59. The number of nitrogen functional groups attached to an aromatic ring is 1. The molecule has 0 amide bonds. The van der Waals surface area contributed by atoms with E-state index in [-0.39, 0.29) is 5.82 Å². The zero-order chi connectivity index (χ0) is 11.7. The Kier molecular flexibility index (Phi) is 2.65. The minimum absolute atomic E-state index is 0.181. The van der Waals surface area contributed by atoms with E-state index in [9.17, 15) is 4.39 Å². The molecule has 0 aliphatic heterocycles. The molecule has 0 aliphatic rings. The topological polar surface area (TPSA) is 26.0 Å². The van der Waals surface area contributed by atoms with E-state index in [0.29, 0.717) is 11.3 Å². The maximum absolute atomic E-state index is 13.5. The highest BCUT2D eigenvalue weighted by Crippen LogP contribution is 2.29. The normalized spacial score (nSPS) is 10.4. The molecule has 0 aliphatic carbocycles. The lowest BCUT2D eigenvalue weighted by atomic mass is 9.96. The third kappa shape index (κ3) is 1.78. The van der Waals surface area contributed by atoms with Gasteiger partial charge in [-0.2, -0.15) is 0 Å². The molecule has 0 unspecified atom stereocenters. The second-order valence-corrected chi connectivity index (χ2v) is 3.99. The molecule has 2 aromatic rings. The van der Waals surface area contributed by atoms with Gasteiger partial charge in [0.25, 0.3) is 0 Å². The lowest BCUT2D eigenvalue weighted by Gasteiger charge is -2.10. The van der Waals surface area contributed by atoms with Crippen LogP contribution in [0, 0.1) is 19.7 Å². The Hall–Kier alpha value is -1.83. The summed E-state index contributed by atoms with van der Waals surface area (Å²) in [5.41, 5.74) is 10.1. The number of halogens is 1. The molecule has 16 heavy (non-hydrogen) atoms. The van der Waals surface area contributed by atoms with Crippen LogP contribution >= 0.6 is 0 Å². The van der Waals surface area contributed by atoms with Crippen molar-refractivity contribution in [3.05, 3.63) is 53.3 Å². The fourth-order valence-corrected chi connectivity index (χ4v) is 1.83. The van der Waals surface area contributed by atoms with Crippen molar-refractivity contribution < 1.29 is 4.39 Å². The van der Waals surface area contributed by atoms with Gasteiger partial charge in [0.1, 0.15) is 5.82 Å². The van der Waals surface area contributed by atoms with Crippen LogP contribution in [0.4, 0.5) is 10.1 Å². The Balaban J connectivity index is 2.67. The van der Waals surface area contributed by atoms with Crippen molar-refractivity contribution in [2.45, 2.75) is 13.8 Å². The minimum atomic E-state index is -0.181. The zero-order valence-corrected chi connectivity index (χ0v) is 9.42. The maximum atomic E-state index is 13.5. The van der Waals surface area contributed by atoms with Crippen molar-refractivity contribution in [3.8, 4) is 11.1 Å². The summed E-state index contributed by atoms with van der Waals surface area (Å²) in [6.45, 7) is 3.78. The first-order valence-electron chi connectivity index (χ1n) is 5.21. The van der Waals surface area contributed by atoms with Gasteiger partial charge in [-0.1, -0.05) is 18.2 Å². The van der Waals surface area contributed by atoms with Gasteiger partial charge in [-0.3, -0.25) is 0 Å². The summed E-state index contributed by atoms with van der Waals surface area (Å²) in [4.78, 5) is 0. The highest BCUT2D eigenvalue weighted by Gasteiger charge is 2.08. The highest BCUT2D eigenvalue weighted by atomic mass is 19.1. The van der Waals surface area contributed by atoms with Gasteiger partial charge in [-0.15, -0.1) is 0 Å². The van der Waals surface area contributed by atoms with Gasteiger partial charge in [0.05, 0.1) is 0 Å². The molecule has 2 rings (SSSR count). The Labute approximate surface area is 94.7 Å². The van der Waals surface area contributed by atoms with E-state index in [0.717, 1.165) is 16.7 Å². The summed E-state index contributed by atoms with van der Waals surface area (Å²) in [6, 6.07) is 10.8. The second kappa shape index (κ2) is 3.97.